The lowest BCUT2D eigenvalue weighted by atomic mass is 10.2. The summed E-state index contributed by atoms with van der Waals surface area (Å²) in [5, 5.41) is 3.40. The third kappa shape index (κ3) is 7.82. The number of unbranched alkanes of at least 4 members (excludes halogenated alkanes) is 1. The van der Waals surface area contributed by atoms with Crippen LogP contribution < -0.4 is 5.32 Å². The smallest absolute Gasteiger partial charge is 0.251 e. The molecule has 1 aromatic carbocycles. The number of ether oxygens (including phenoxy) is 2. The first kappa shape index (κ1) is 23.5. The van der Waals surface area contributed by atoms with E-state index in [0.717, 1.165) is 90.5 Å². The van der Waals surface area contributed by atoms with E-state index >= 15 is 0 Å². The summed E-state index contributed by atoms with van der Waals surface area (Å²) in [6, 6.07) is 10.4. The minimum atomic E-state index is -0.219. The maximum Gasteiger partial charge on any atom is 0.251 e. The van der Waals surface area contributed by atoms with Gasteiger partial charge in [0.15, 0.2) is 5.96 Å². The molecule has 3 rings (SSSR count). The van der Waals surface area contributed by atoms with E-state index in [0.29, 0.717) is 6.61 Å². The van der Waals surface area contributed by atoms with E-state index in [9.17, 15) is 4.79 Å². The zero-order valence-electron chi connectivity index (χ0n) is 18.9. The van der Waals surface area contributed by atoms with Crippen LogP contribution >= 0.6 is 0 Å². The van der Waals surface area contributed by atoms with Crippen LogP contribution in [0.4, 0.5) is 0 Å². The highest BCUT2D eigenvalue weighted by atomic mass is 16.5. The fourth-order valence-corrected chi connectivity index (χ4v) is 3.98. The number of hydrogen-bond acceptors (Lipinski definition) is 4. The van der Waals surface area contributed by atoms with Crippen molar-refractivity contribution in [3.05, 3.63) is 35.9 Å². The fraction of sp³-hybridized carbons (Fsp3) is 0.667. The van der Waals surface area contributed by atoms with Crippen molar-refractivity contribution in [3.8, 4) is 0 Å². The van der Waals surface area contributed by atoms with Crippen molar-refractivity contribution in [2.75, 3.05) is 59.1 Å². The van der Waals surface area contributed by atoms with Crippen LogP contribution in [-0.2, 0) is 20.7 Å². The lowest BCUT2D eigenvalue weighted by Gasteiger charge is -2.37. The first-order valence-corrected chi connectivity index (χ1v) is 11.8. The van der Waals surface area contributed by atoms with Gasteiger partial charge in [0.05, 0.1) is 6.61 Å². The van der Waals surface area contributed by atoms with Crippen molar-refractivity contribution in [1.29, 1.82) is 0 Å². The number of amides is 1. The Morgan fingerprint density at radius 1 is 1.13 bits per heavy atom. The van der Waals surface area contributed by atoms with Crippen molar-refractivity contribution in [3.63, 3.8) is 0 Å². The van der Waals surface area contributed by atoms with Crippen LogP contribution in [0, 0.1) is 0 Å². The van der Waals surface area contributed by atoms with Gasteiger partial charge < -0.3 is 24.6 Å². The predicted octanol–water partition coefficient (Wildman–Crippen LogP) is 2.31. The molecular weight excluding hydrogens is 392 g/mol. The van der Waals surface area contributed by atoms with Crippen LogP contribution in [0.1, 0.15) is 38.2 Å². The summed E-state index contributed by atoms with van der Waals surface area (Å²) in [6.07, 6.45) is 4.62. The maximum absolute atomic E-state index is 12.5. The van der Waals surface area contributed by atoms with Crippen LogP contribution in [0.5, 0.6) is 0 Å². The Morgan fingerprint density at radius 3 is 2.61 bits per heavy atom. The standard InChI is InChI=1S/C24H38N4O3/c1-2-25-24(26-13-6-7-18-30-20-12-21-9-4-3-5-10-21)28-16-14-27(15-17-28)23(29)22-11-8-19-31-22/h3-5,9-10,22H,2,6-8,11-20H2,1H3,(H,25,26). The minimum absolute atomic E-state index is 0.159. The molecule has 2 saturated heterocycles. The number of piperazine rings is 1. The molecule has 172 valence electrons. The summed E-state index contributed by atoms with van der Waals surface area (Å²) in [5.41, 5.74) is 1.32. The third-order valence-corrected chi connectivity index (χ3v) is 5.77. The van der Waals surface area contributed by atoms with Crippen molar-refractivity contribution >= 4 is 11.9 Å². The fourth-order valence-electron chi connectivity index (χ4n) is 3.98. The Bertz CT molecular complexity index is 669. The van der Waals surface area contributed by atoms with E-state index < -0.39 is 0 Å². The summed E-state index contributed by atoms with van der Waals surface area (Å²) in [4.78, 5) is 21.5. The van der Waals surface area contributed by atoms with Gasteiger partial charge in [-0.25, -0.2) is 0 Å². The summed E-state index contributed by atoms with van der Waals surface area (Å²) in [6.45, 7) is 9.08. The second-order valence-corrected chi connectivity index (χ2v) is 8.10. The van der Waals surface area contributed by atoms with Crippen LogP contribution in [-0.4, -0.2) is 86.9 Å². The highest BCUT2D eigenvalue weighted by molar-refractivity contribution is 5.82. The van der Waals surface area contributed by atoms with E-state index in [-0.39, 0.29) is 12.0 Å². The van der Waals surface area contributed by atoms with Crippen molar-refractivity contribution in [2.45, 2.75) is 45.1 Å². The number of nitrogens with zero attached hydrogens (tertiary/aromatic N) is 3. The molecule has 0 aromatic heterocycles. The molecule has 7 nitrogen and oxygen atoms in total. The molecule has 7 heteroatoms. The van der Waals surface area contributed by atoms with E-state index in [1.165, 1.54) is 5.56 Å². The molecule has 2 heterocycles. The highest BCUT2D eigenvalue weighted by Gasteiger charge is 2.30. The molecular formula is C24H38N4O3. The molecule has 0 saturated carbocycles. The molecule has 2 aliphatic rings. The van der Waals surface area contributed by atoms with Gasteiger partial charge in [0, 0.05) is 52.5 Å². The van der Waals surface area contributed by atoms with E-state index in [4.69, 9.17) is 14.5 Å². The SMILES string of the molecule is CCNC(=NCCCCOCCc1ccccc1)N1CCN(C(=O)C2CCCO2)CC1. The van der Waals surface area contributed by atoms with Gasteiger partial charge in [-0.05, 0) is 44.6 Å². The Hall–Kier alpha value is -2.12. The van der Waals surface area contributed by atoms with Crippen molar-refractivity contribution in [1.82, 2.24) is 15.1 Å². The van der Waals surface area contributed by atoms with Crippen LogP contribution in [0.15, 0.2) is 35.3 Å². The van der Waals surface area contributed by atoms with Gasteiger partial charge in [0.25, 0.3) is 5.91 Å². The molecule has 1 N–H and O–H groups in total. The molecule has 1 amide bonds. The molecule has 1 atom stereocenters. The van der Waals surface area contributed by atoms with E-state index in [2.05, 4.69) is 41.4 Å². The molecule has 1 aromatic rings. The number of nitrogens with one attached hydrogen (secondary N) is 1. The number of guanidine groups is 1. The average molecular weight is 431 g/mol. The number of carbonyl (C=O) groups excluding carboxylic acids is 1. The molecule has 31 heavy (non-hydrogen) atoms. The Balaban J connectivity index is 1.31. The summed E-state index contributed by atoms with van der Waals surface area (Å²) >= 11 is 0. The zero-order valence-corrected chi connectivity index (χ0v) is 18.9. The first-order chi connectivity index (χ1) is 15.3. The maximum atomic E-state index is 12.5. The summed E-state index contributed by atoms with van der Waals surface area (Å²) < 4.78 is 11.3. The Kier molecular flexibility index (Phi) is 10.1. The minimum Gasteiger partial charge on any atom is -0.381 e. The number of carbonyl (C=O) groups is 1. The van der Waals surface area contributed by atoms with Gasteiger partial charge in [-0.2, -0.15) is 0 Å². The number of benzene rings is 1. The van der Waals surface area contributed by atoms with Crippen molar-refractivity contribution in [2.24, 2.45) is 4.99 Å². The largest absolute Gasteiger partial charge is 0.381 e. The zero-order chi connectivity index (χ0) is 21.7. The third-order valence-electron chi connectivity index (χ3n) is 5.77. The van der Waals surface area contributed by atoms with Gasteiger partial charge in [-0.1, -0.05) is 30.3 Å². The van der Waals surface area contributed by atoms with E-state index in [1.54, 1.807) is 0 Å². The number of hydrogen-bond donors (Lipinski definition) is 1. The highest BCUT2D eigenvalue weighted by Crippen LogP contribution is 2.16. The molecule has 0 aliphatic carbocycles. The lowest BCUT2D eigenvalue weighted by Crippen LogP contribution is -2.55. The van der Waals surface area contributed by atoms with E-state index in [1.807, 2.05) is 11.0 Å². The van der Waals surface area contributed by atoms with Crippen molar-refractivity contribution < 1.29 is 14.3 Å². The molecule has 0 spiro atoms. The van der Waals surface area contributed by atoms with Crippen LogP contribution in [0.25, 0.3) is 0 Å². The second kappa shape index (κ2) is 13.3. The van der Waals surface area contributed by atoms with Gasteiger partial charge in [0.2, 0.25) is 0 Å². The molecule has 2 fully saturated rings. The second-order valence-electron chi connectivity index (χ2n) is 8.10. The Labute approximate surface area is 186 Å². The van der Waals surface area contributed by atoms with Gasteiger partial charge in [-0.15, -0.1) is 0 Å². The van der Waals surface area contributed by atoms with Crippen LogP contribution in [0.3, 0.4) is 0 Å². The summed E-state index contributed by atoms with van der Waals surface area (Å²) in [7, 11) is 0. The van der Waals surface area contributed by atoms with Crippen LogP contribution in [0.2, 0.25) is 0 Å². The topological polar surface area (TPSA) is 66.4 Å². The monoisotopic (exact) mass is 430 g/mol. The Morgan fingerprint density at radius 2 is 1.90 bits per heavy atom. The number of rotatable bonds is 10. The first-order valence-electron chi connectivity index (χ1n) is 11.8. The molecule has 0 bridgehead atoms. The predicted molar refractivity (Wildman–Crippen MR) is 123 cm³/mol. The lowest BCUT2D eigenvalue weighted by molar-refractivity contribution is -0.142. The average Bonchev–Trinajstić information content (AvgIpc) is 3.35. The molecule has 0 radical (unpaired) electrons. The normalized spacial score (nSPS) is 19.6. The number of aliphatic imine (C=N–C) groups is 1. The van der Waals surface area contributed by atoms with Gasteiger partial charge in [-0.3, -0.25) is 9.79 Å². The summed E-state index contributed by atoms with van der Waals surface area (Å²) in [5.74, 6) is 1.11. The van der Waals surface area contributed by atoms with Gasteiger partial charge in [0.1, 0.15) is 6.10 Å². The quantitative estimate of drug-likeness (QED) is 0.351. The molecule has 1 unspecified atom stereocenters. The van der Waals surface area contributed by atoms with Gasteiger partial charge >= 0.3 is 0 Å². The molecule has 2 aliphatic heterocycles.